The molecular formula is C13H16FN3. The van der Waals surface area contributed by atoms with E-state index in [9.17, 15) is 4.39 Å². The zero-order valence-electron chi connectivity index (χ0n) is 10.0. The number of nitrogens with zero attached hydrogens (tertiary/aromatic N) is 2. The highest BCUT2D eigenvalue weighted by atomic mass is 19.1. The summed E-state index contributed by atoms with van der Waals surface area (Å²) in [6.45, 7) is 0. The van der Waals surface area contributed by atoms with E-state index < -0.39 is 0 Å². The fourth-order valence-corrected chi connectivity index (χ4v) is 1.85. The molecule has 0 bridgehead atoms. The maximum absolute atomic E-state index is 13.6. The molecule has 1 aromatic carbocycles. The van der Waals surface area contributed by atoms with Crippen LogP contribution < -0.4 is 5.32 Å². The third kappa shape index (κ3) is 2.71. The quantitative estimate of drug-likeness (QED) is 0.876. The summed E-state index contributed by atoms with van der Waals surface area (Å²) in [7, 11) is 3.78. The van der Waals surface area contributed by atoms with Crippen molar-refractivity contribution in [2.24, 2.45) is 7.05 Å². The molecule has 17 heavy (non-hydrogen) atoms. The van der Waals surface area contributed by atoms with Crippen LogP contribution in [0.4, 0.5) is 4.39 Å². The molecule has 90 valence electrons. The number of halogens is 1. The highest BCUT2D eigenvalue weighted by Gasteiger charge is 2.14. The molecule has 0 saturated heterocycles. The standard InChI is InChI=1S/C13H16FN3/c1-15-12(13-8-17(2)9-16-13)7-10-5-3-4-6-11(10)14/h3-6,8-9,12,15H,7H2,1-2H3. The minimum atomic E-state index is -0.163. The molecule has 0 radical (unpaired) electrons. The first-order valence-corrected chi connectivity index (χ1v) is 5.59. The van der Waals surface area contributed by atoms with Crippen molar-refractivity contribution in [3.8, 4) is 0 Å². The topological polar surface area (TPSA) is 29.9 Å². The average molecular weight is 233 g/mol. The predicted octanol–water partition coefficient (Wildman–Crippen LogP) is 2.06. The Bertz CT molecular complexity index is 493. The van der Waals surface area contributed by atoms with E-state index in [1.807, 2.05) is 37.0 Å². The zero-order valence-corrected chi connectivity index (χ0v) is 10.0. The SMILES string of the molecule is CNC(Cc1ccccc1F)c1cn(C)cn1. The third-order valence-electron chi connectivity index (χ3n) is 2.81. The van der Waals surface area contributed by atoms with Gasteiger partial charge < -0.3 is 9.88 Å². The Morgan fingerprint density at radius 3 is 2.76 bits per heavy atom. The van der Waals surface area contributed by atoms with Gasteiger partial charge in [0.25, 0.3) is 0 Å². The lowest BCUT2D eigenvalue weighted by Crippen LogP contribution is -2.19. The van der Waals surface area contributed by atoms with Gasteiger partial charge >= 0.3 is 0 Å². The first-order valence-electron chi connectivity index (χ1n) is 5.59. The molecule has 4 heteroatoms. The molecule has 0 saturated carbocycles. The van der Waals surface area contributed by atoms with Crippen molar-refractivity contribution >= 4 is 0 Å². The molecule has 0 fully saturated rings. The van der Waals surface area contributed by atoms with Crippen molar-refractivity contribution < 1.29 is 4.39 Å². The minimum Gasteiger partial charge on any atom is -0.340 e. The summed E-state index contributed by atoms with van der Waals surface area (Å²) in [5.74, 6) is -0.163. The van der Waals surface area contributed by atoms with Crippen LogP contribution in [0.2, 0.25) is 0 Å². The largest absolute Gasteiger partial charge is 0.340 e. The number of rotatable bonds is 4. The van der Waals surface area contributed by atoms with Crippen molar-refractivity contribution in [1.29, 1.82) is 0 Å². The van der Waals surface area contributed by atoms with Gasteiger partial charge in [0.05, 0.1) is 18.1 Å². The molecule has 1 atom stereocenters. The number of aryl methyl sites for hydroxylation is 1. The van der Waals surface area contributed by atoms with Crippen LogP contribution in [0.15, 0.2) is 36.8 Å². The lowest BCUT2D eigenvalue weighted by atomic mass is 10.0. The van der Waals surface area contributed by atoms with Crippen LogP contribution in [0.3, 0.4) is 0 Å². The lowest BCUT2D eigenvalue weighted by Gasteiger charge is -2.14. The van der Waals surface area contributed by atoms with Gasteiger partial charge in [-0.15, -0.1) is 0 Å². The second-order valence-corrected chi connectivity index (χ2v) is 4.10. The van der Waals surface area contributed by atoms with Crippen LogP contribution in [0.1, 0.15) is 17.3 Å². The monoisotopic (exact) mass is 233 g/mol. The van der Waals surface area contributed by atoms with Gasteiger partial charge in [0, 0.05) is 13.2 Å². The molecule has 2 rings (SSSR count). The Balaban J connectivity index is 2.18. The van der Waals surface area contributed by atoms with Crippen molar-refractivity contribution in [3.05, 3.63) is 53.9 Å². The predicted molar refractivity (Wildman–Crippen MR) is 65.1 cm³/mol. The van der Waals surface area contributed by atoms with Crippen LogP contribution in [-0.2, 0) is 13.5 Å². The van der Waals surface area contributed by atoms with Gasteiger partial charge in [0.1, 0.15) is 5.82 Å². The molecule has 0 aliphatic heterocycles. The Labute approximate surface area is 100 Å². The molecule has 1 heterocycles. The van der Waals surface area contributed by atoms with Crippen LogP contribution >= 0.6 is 0 Å². The molecule has 1 unspecified atom stereocenters. The summed E-state index contributed by atoms with van der Waals surface area (Å²) in [6.07, 6.45) is 4.29. The maximum Gasteiger partial charge on any atom is 0.126 e. The second kappa shape index (κ2) is 5.10. The zero-order chi connectivity index (χ0) is 12.3. The van der Waals surface area contributed by atoms with Gasteiger partial charge in [-0.25, -0.2) is 9.37 Å². The first kappa shape index (κ1) is 11.8. The third-order valence-corrected chi connectivity index (χ3v) is 2.81. The van der Waals surface area contributed by atoms with E-state index in [-0.39, 0.29) is 11.9 Å². The van der Waals surface area contributed by atoms with Gasteiger partial charge in [0.2, 0.25) is 0 Å². The van der Waals surface area contributed by atoms with Gasteiger partial charge in [-0.3, -0.25) is 0 Å². The van der Waals surface area contributed by atoms with Crippen LogP contribution in [0.5, 0.6) is 0 Å². The average Bonchev–Trinajstić information content (AvgIpc) is 2.75. The van der Waals surface area contributed by atoms with Crippen molar-refractivity contribution in [2.75, 3.05) is 7.05 Å². The van der Waals surface area contributed by atoms with Gasteiger partial charge in [-0.1, -0.05) is 18.2 Å². The molecule has 1 N–H and O–H groups in total. The van der Waals surface area contributed by atoms with Crippen molar-refractivity contribution in [3.63, 3.8) is 0 Å². The van der Waals surface area contributed by atoms with Crippen LogP contribution in [0, 0.1) is 5.82 Å². The maximum atomic E-state index is 13.6. The summed E-state index contributed by atoms with van der Waals surface area (Å²) in [6, 6.07) is 6.88. The number of hydrogen-bond acceptors (Lipinski definition) is 2. The van der Waals surface area contributed by atoms with Gasteiger partial charge in [-0.05, 0) is 25.1 Å². The fourth-order valence-electron chi connectivity index (χ4n) is 1.85. The van der Waals surface area contributed by atoms with Crippen LogP contribution in [-0.4, -0.2) is 16.6 Å². The van der Waals surface area contributed by atoms with Crippen molar-refractivity contribution in [2.45, 2.75) is 12.5 Å². The van der Waals surface area contributed by atoms with E-state index in [4.69, 9.17) is 0 Å². The number of likely N-dealkylation sites (N-methyl/N-ethyl adjacent to an activating group) is 1. The molecule has 2 aromatic rings. The number of hydrogen-bond donors (Lipinski definition) is 1. The summed E-state index contributed by atoms with van der Waals surface area (Å²) >= 11 is 0. The van der Waals surface area contributed by atoms with E-state index in [1.54, 1.807) is 12.4 Å². The number of nitrogens with one attached hydrogen (secondary N) is 1. The summed E-state index contributed by atoms with van der Waals surface area (Å²) < 4.78 is 15.4. The highest BCUT2D eigenvalue weighted by Crippen LogP contribution is 2.18. The van der Waals surface area contributed by atoms with Crippen molar-refractivity contribution in [1.82, 2.24) is 14.9 Å². The van der Waals surface area contributed by atoms with E-state index >= 15 is 0 Å². The minimum absolute atomic E-state index is 0.0353. The first-order chi connectivity index (χ1) is 8.20. The van der Waals surface area contributed by atoms with E-state index in [0.717, 1.165) is 5.69 Å². The molecule has 0 amide bonds. The van der Waals surface area contributed by atoms with Gasteiger partial charge in [0.15, 0.2) is 0 Å². The molecule has 0 aliphatic rings. The number of imidazole rings is 1. The van der Waals surface area contributed by atoms with Crippen LogP contribution in [0.25, 0.3) is 0 Å². The van der Waals surface area contributed by atoms with E-state index in [1.165, 1.54) is 6.07 Å². The summed E-state index contributed by atoms with van der Waals surface area (Å²) in [5, 5.41) is 3.16. The van der Waals surface area contributed by atoms with E-state index in [0.29, 0.717) is 12.0 Å². The highest BCUT2D eigenvalue weighted by molar-refractivity contribution is 5.20. The summed E-state index contributed by atoms with van der Waals surface area (Å²) in [4.78, 5) is 4.29. The van der Waals surface area contributed by atoms with Gasteiger partial charge in [-0.2, -0.15) is 0 Å². The normalized spacial score (nSPS) is 12.6. The number of benzene rings is 1. The molecule has 1 aromatic heterocycles. The smallest absolute Gasteiger partial charge is 0.126 e. The Morgan fingerprint density at radius 1 is 1.41 bits per heavy atom. The number of aromatic nitrogens is 2. The second-order valence-electron chi connectivity index (χ2n) is 4.10. The fraction of sp³-hybridized carbons (Fsp3) is 0.308. The Kier molecular flexibility index (Phi) is 3.54. The van der Waals surface area contributed by atoms with E-state index in [2.05, 4.69) is 10.3 Å². The molecule has 0 spiro atoms. The molecule has 3 nitrogen and oxygen atoms in total. The molecule has 0 aliphatic carbocycles. The summed E-state index contributed by atoms with van der Waals surface area (Å²) in [5.41, 5.74) is 1.63. The molecular weight excluding hydrogens is 217 g/mol. The Hall–Kier alpha value is -1.68. The Morgan fingerprint density at radius 2 is 2.18 bits per heavy atom. The lowest BCUT2D eigenvalue weighted by molar-refractivity contribution is 0.546.